The maximum absolute atomic E-state index is 11.6. The van der Waals surface area contributed by atoms with Crippen LogP contribution in [0.2, 0.25) is 0 Å². The summed E-state index contributed by atoms with van der Waals surface area (Å²) in [5.41, 5.74) is -0.558. The fraction of sp³-hybridized carbons (Fsp3) is 0.750. The van der Waals surface area contributed by atoms with Crippen molar-refractivity contribution in [2.45, 2.75) is 52.1 Å². The molecule has 0 aromatic rings. The molecule has 0 amide bonds. The molecule has 0 radical (unpaired) electrons. The zero-order valence-corrected chi connectivity index (χ0v) is 11.6. The van der Waals surface area contributed by atoms with Crippen LogP contribution in [-0.2, 0) is 19.0 Å². The van der Waals surface area contributed by atoms with E-state index in [1.54, 1.807) is 20.8 Å². The summed E-state index contributed by atoms with van der Waals surface area (Å²) in [6.07, 6.45) is 1.20. The Balaban J connectivity index is 2.58. The van der Waals surface area contributed by atoms with Gasteiger partial charge in [0.1, 0.15) is 16.7 Å². The third kappa shape index (κ3) is 5.06. The standard InChI is InChI=1S/C12H19ClO4/c1-11(2,3)17-10(14)9(13)6-8-7-15-12(4,5)16-8/h6,8H,7H2,1-5H3/b9-6+/t8-/m0/s1. The molecule has 1 rings (SSSR count). The minimum absolute atomic E-state index is 0.0197. The fourth-order valence-electron chi connectivity index (χ4n) is 1.36. The van der Waals surface area contributed by atoms with Crippen molar-refractivity contribution in [2.75, 3.05) is 6.61 Å². The van der Waals surface area contributed by atoms with Crippen molar-refractivity contribution in [3.05, 3.63) is 11.1 Å². The maximum atomic E-state index is 11.6. The number of hydrogen-bond donors (Lipinski definition) is 0. The first-order valence-corrected chi connectivity index (χ1v) is 5.89. The van der Waals surface area contributed by atoms with E-state index < -0.39 is 17.4 Å². The van der Waals surface area contributed by atoms with Crippen LogP contribution in [-0.4, -0.2) is 30.1 Å². The van der Waals surface area contributed by atoms with E-state index in [0.717, 1.165) is 0 Å². The smallest absolute Gasteiger partial charge is 0.350 e. The van der Waals surface area contributed by atoms with Crippen molar-refractivity contribution in [2.24, 2.45) is 0 Å². The number of halogens is 1. The SMILES string of the molecule is CC(C)(C)OC(=O)/C(Cl)=C\[C@H]1COC(C)(C)O1. The number of esters is 1. The van der Waals surface area contributed by atoms with Gasteiger partial charge in [-0.25, -0.2) is 4.79 Å². The number of ether oxygens (including phenoxy) is 3. The third-order valence-electron chi connectivity index (χ3n) is 1.96. The van der Waals surface area contributed by atoms with Crippen LogP contribution < -0.4 is 0 Å². The number of carbonyl (C=O) groups excluding carboxylic acids is 1. The molecule has 1 fully saturated rings. The minimum atomic E-state index is -0.633. The summed E-state index contributed by atoms with van der Waals surface area (Å²) >= 11 is 5.86. The Hall–Kier alpha value is -0.580. The second kappa shape index (κ2) is 4.96. The van der Waals surface area contributed by atoms with Gasteiger partial charge in [-0.05, 0) is 40.7 Å². The Morgan fingerprint density at radius 1 is 1.47 bits per heavy atom. The molecule has 0 spiro atoms. The van der Waals surface area contributed by atoms with Gasteiger partial charge >= 0.3 is 5.97 Å². The van der Waals surface area contributed by atoms with Crippen LogP contribution >= 0.6 is 11.6 Å². The van der Waals surface area contributed by atoms with E-state index in [-0.39, 0.29) is 11.1 Å². The normalized spacial score (nSPS) is 24.8. The molecule has 0 unspecified atom stereocenters. The summed E-state index contributed by atoms with van der Waals surface area (Å²) in [7, 11) is 0. The van der Waals surface area contributed by atoms with Gasteiger partial charge in [-0.15, -0.1) is 0 Å². The fourth-order valence-corrected chi connectivity index (χ4v) is 1.53. The van der Waals surface area contributed by atoms with Gasteiger partial charge in [0, 0.05) is 0 Å². The molecule has 98 valence electrons. The predicted octanol–water partition coefficient (Wildman–Crippen LogP) is 2.60. The molecule has 17 heavy (non-hydrogen) atoms. The molecule has 4 nitrogen and oxygen atoms in total. The van der Waals surface area contributed by atoms with Crippen molar-refractivity contribution in [3.63, 3.8) is 0 Å². The Morgan fingerprint density at radius 3 is 2.47 bits per heavy atom. The van der Waals surface area contributed by atoms with E-state index in [1.807, 2.05) is 13.8 Å². The molecule has 0 bridgehead atoms. The van der Waals surface area contributed by atoms with Crippen LogP contribution in [0.3, 0.4) is 0 Å². The predicted molar refractivity (Wildman–Crippen MR) is 64.7 cm³/mol. The quantitative estimate of drug-likeness (QED) is 0.567. The van der Waals surface area contributed by atoms with E-state index >= 15 is 0 Å². The second-order valence-electron chi connectivity index (χ2n) is 5.38. The number of hydrogen-bond acceptors (Lipinski definition) is 4. The first-order chi connectivity index (χ1) is 7.59. The molecule has 0 aliphatic carbocycles. The van der Waals surface area contributed by atoms with E-state index in [4.69, 9.17) is 25.8 Å². The molecule has 1 saturated heterocycles. The summed E-state index contributed by atoms with van der Waals surface area (Å²) in [6, 6.07) is 0. The summed E-state index contributed by atoms with van der Waals surface area (Å²) < 4.78 is 16.0. The maximum Gasteiger partial charge on any atom is 0.350 e. The Morgan fingerprint density at radius 2 is 2.06 bits per heavy atom. The van der Waals surface area contributed by atoms with Gasteiger partial charge in [0.25, 0.3) is 0 Å². The van der Waals surface area contributed by atoms with Crippen LogP contribution in [0.4, 0.5) is 0 Å². The van der Waals surface area contributed by atoms with Gasteiger partial charge in [0.15, 0.2) is 5.79 Å². The highest BCUT2D eigenvalue weighted by atomic mass is 35.5. The van der Waals surface area contributed by atoms with Crippen LogP contribution in [0.15, 0.2) is 11.1 Å². The van der Waals surface area contributed by atoms with Gasteiger partial charge < -0.3 is 14.2 Å². The molecule has 5 heteroatoms. The summed E-state index contributed by atoms with van der Waals surface area (Å²) in [6.45, 7) is 9.35. The number of carbonyl (C=O) groups is 1. The van der Waals surface area contributed by atoms with Crippen LogP contribution in [0, 0.1) is 0 Å². The lowest BCUT2D eigenvalue weighted by Gasteiger charge is -2.19. The lowest BCUT2D eigenvalue weighted by Crippen LogP contribution is -2.24. The van der Waals surface area contributed by atoms with E-state index in [1.165, 1.54) is 6.08 Å². The molecule has 0 aromatic carbocycles. The molecule has 1 aliphatic rings. The first kappa shape index (κ1) is 14.5. The van der Waals surface area contributed by atoms with E-state index in [9.17, 15) is 4.79 Å². The van der Waals surface area contributed by atoms with Crippen molar-refractivity contribution in [1.29, 1.82) is 0 Å². The van der Waals surface area contributed by atoms with Crippen molar-refractivity contribution < 1.29 is 19.0 Å². The summed E-state index contributed by atoms with van der Waals surface area (Å²) in [5.74, 6) is -1.18. The molecular formula is C12H19ClO4. The Kier molecular flexibility index (Phi) is 4.23. The molecule has 0 aromatic heterocycles. The monoisotopic (exact) mass is 262 g/mol. The zero-order valence-electron chi connectivity index (χ0n) is 10.9. The Labute approximate surface area is 107 Å². The van der Waals surface area contributed by atoms with Crippen molar-refractivity contribution in [3.8, 4) is 0 Å². The molecule has 1 heterocycles. The zero-order chi connectivity index (χ0) is 13.3. The van der Waals surface area contributed by atoms with Crippen molar-refractivity contribution >= 4 is 17.6 Å². The topological polar surface area (TPSA) is 44.8 Å². The van der Waals surface area contributed by atoms with Gasteiger partial charge in [0.05, 0.1) is 6.61 Å². The average Bonchev–Trinajstić information content (AvgIpc) is 2.42. The van der Waals surface area contributed by atoms with Gasteiger partial charge in [-0.3, -0.25) is 0 Å². The summed E-state index contributed by atoms with van der Waals surface area (Å²) in [4.78, 5) is 11.6. The summed E-state index contributed by atoms with van der Waals surface area (Å²) in [5, 5.41) is 0.0197. The highest BCUT2D eigenvalue weighted by Gasteiger charge is 2.32. The first-order valence-electron chi connectivity index (χ1n) is 5.51. The minimum Gasteiger partial charge on any atom is -0.456 e. The lowest BCUT2D eigenvalue weighted by atomic mass is 10.2. The molecule has 0 N–H and O–H groups in total. The van der Waals surface area contributed by atoms with Crippen LogP contribution in [0.25, 0.3) is 0 Å². The lowest BCUT2D eigenvalue weighted by molar-refractivity contribution is -0.149. The second-order valence-corrected chi connectivity index (χ2v) is 5.79. The van der Waals surface area contributed by atoms with Crippen molar-refractivity contribution in [1.82, 2.24) is 0 Å². The van der Waals surface area contributed by atoms with Gasteiger partial charge in [0.2, 0.25) is 0 Å². The Bertz CT molecular complexity index is 328. The molecular weight excluding hydrogens is 244 g/mol. The van der Waals surface area contributed by atoms with Crippen LogP contribution in [0.5, 0.6) is 0 Å². The van der Waals surface area contributed by atoms with Gasteiger partial charge in [-0.2, -0.15) is 0 Å². The molecule has 1 aliphatic heterocycles. The van der Waals surface area contributed by atoms with E-state index in [0.29, 0.717) is 6.61 Å². The average molecular weight is 263 g/mol. The molecule has 0 saturated carbocycles. The van der Waals surface area contributed by atoms with E-state index in [2.05, 4.69) is 0 Å². The highest BCUT2D eigenvalue weighted by molar-refractivity contribution is 6.41. The largest absolute Gasteiger partial charge is 0.456 e. The highest BCUT2D eigenvalue weighted by Crippen LogP contribution is 2.24. The van der Waals surface area contributed by atoms with Gasteiger partial charge in [-0.1, -0.05) is 11.6 Å². The third-order valence-corrected chi connectivity index (χ3v) is 2.24. The number of rotatable bonds is 2. The van der Waals surface area contributed by atoms with Crippen LogP contribution in [0.1, 0.15) is 34.6 Å². The molecule has 1 atom stereocenters.